The standard InChI is InChI=1S/C15H10F3N5S/c16-15(17,18)10-5-3-9(4-6-10)12-8-11(13-2-1-7-24-13)19-14-20-21-22-23(12)14/h1-8,12H,(H,19,20,22)/t12-/m0/s1. The Labute approximate surface area is 138 Å². The quantitative estimate of drug-likeness (QED) is 0.764. The lowest BCUT2D eigenvalue weighted by molar-refractivity contribution is -0.137. The fraction of sp³-hybridized carbons (Fsp3) is 0.133. The number of tetrazole rings is 1. The Morgan fingerprint density at radius 3 is 2.58 bits per heavy atom. The molecule has 4 rings (SSSR count). The second-order valence-corrected chi connectivity index (χ2v) is 6.14. The van der Waals surface area contributed by atoms with Crippen LogP contribution in [0.2, 0.25) is 0 Å². The van der Waals surface area contributed by atoms with Crippen LogP contribution in [0.15, 0.2) is 47.9 Å². The van der Waals surface area contributed by atoms with Crippen LogP contribution in [0, 0.1) is 0 Å². The summed E-state index contributed by atoms with van der Waals surface area (Å²) in [6.45, 7) is 0. The lowest BCUT2D eigenvalue weighted by Crippen LogP contribution is -2.20. The van der Waals surface area contributed by atoms with Gasteiger partial charge in [0, 0.05) is 0 Å². The van der Waals surface area contributed by atoms with Crippen molar-refractivity contribution in [3.05, 3.63) is 63.9 Å². The number of hydrogen-bond acceptors (Lipinski definition) is 5. The van der Waals surface area contributed by atoms with Crippen molar-refractivity contribution in [3.63, 3.8) is 0 Å². The molecule has 0 unspecified atom stereocenters. The monoisotopic (exact) mass is 349 g/mol. The van der Waals surface area contributed by atoms with Gasteiger partial charge in [-0.3, -0.25) is 0 Å². The van der Waals surface area contributed by atoms with E-state index in [1.807, 2.05) is 23.6 Å². The number of halogens is 3. The van der Waals surface area contributed by atoms with Crippen molar-refractivity contribution < 1.29 is 13.2 Å². The zero-order chi connectivity index (χ0) is 16.7. The molecule has 2 aromatic heterocycles. The van der Waals surface area contributed by atoms with Gasteiger partial charge in [0.05, 0.1) is 16.1 Å². The Kier molecular flexibility index (Phi) is 3.38. The SMILES string of the molecule is FC(F)(F)c1ccc([C@@H]2C=C(c3cccs3)Nc3nnnn32)cc1. The van der Waals surface area contributed by atoms with Crippen molar-refractivity contribution >= 4 is 23.0 Å². The van der Waals surface area contributed by atoms with E-state index < -0.39 is 11.7 Å². The van der Waals surface area contributed by atoms with Crippen LogP contribution in [-0.4, -0.2) is 20.2 Å². The van der Waals surface area contributed by atoms with Gasteiger partial charge in [0.2, 0.25) is 5.95 Å². The average Bonchev–Trinajstić information content (AvgIpc) is 3.24. The lowest BCUT2D eigenvalue weighted by atomic mass is 10.0. The molecule has 1 aromatic carbocycles. The number of anilines is 1. The summed E-state index contributed by atoms with van der Waals surface area (Å²) in [5.74, 6) is 0.450. The predicted octanol–water partition coefficient (Wildman–Crippen LogP) is 3.81. The van der Waals surface area contributed by atoms with E-state index in [2.05, 4.69) is 20.8 Å². The van der Waals surface area contributed by atoms with Crippen LogP contribution in [0.1, 0.15) is 22.0 Å². The number of aromatic nitrogens is 4. The van der Waals surface area contributed by atoms with Crippen molar-refractivity contribution in [3.8, 4) is 0 Å². The Morgan fingerprint density at radius 2 is 1.92 bits per heavy atom. The van der Waals surface area contributed by atoms with E-state index in [-0.39, 0.29) is 6.04 Å². The van der Waals surface area contributed by atoms with Gasteiger partial charge in [-0.25, -0.2) is 0 Å². The van der Waals surface area contributed by atoms with Crippen molar-refractivity contribution in [2.75, 3.05) is 5.32 Å². The van der Waals surface area contributed by atoms with Crippen LogP contribution in [0.5, 0.6) is 0 Å². The third-order valence-corrected chi connectivity index (χ3v) is 4.60. The molecule has 24 heavy (non-hydrogen) atoms. The Bertz CT molecular complexity index is 881. The molecule has 1 N–H and O–H groups in total. The number of thiophene rings is 1. The van der Waals surface area contributed by atoms with Crippen LogP contribution in [0.25, 0.3) is 5.70 Å². The first-order valence-electron chi connectivity index (χ1n) is 7.00. The maximum atomic E-state index is 12.7. The van der Waals surface area contributed by atoms with Gasteiger partial charge in [-0.2, -0.15) is 17.9 Å². The van der Waals surface area contributed by atoms with E-state index in [9.17, 15) is 13.2 Å². The second kappa shape index (κ2) is 5.45. The van der Waals surface area contributed by atoms with Crippen LogP contribution in [0.3, 0.4) is 0 Å². The highest BCUT2D eigenvalue weighted by molar-refractivity contribution is 7.11. The minimum atomic E-state index is -4.36. The Morgan fingerprint density at radius 1 is 1.12 bits per heavy atom. The van der Waals surface area contributed by atoms with Gasteiger partial charge in [-0.15, -0.1) is 11.3 Å². The molecular weight excluding hydrogens is 339 g/mol. The summed E-state index contributed by atoms with van der Waals surface area (Å²) in [6.07, 6.45) is -2.46. The Hall–Kier alpha value is -2.68. The van der Waals surface area contributed by atoms with Gasteiger partial charge in [-0.05, 0) is 45.6 Å². The number of alkyl halides is 3. The molecular formula is C15H10F3N5S. The van der Waals surface area contributed by atoms with Gasteiger partial charge in [-0.1, -0.05) is 23.3 Å². The molecule has 9 heteroatoms. The smallest absolute Gasteiger partial charge is 0.322 e. The highest BCUT2D eigenvalue weighted by Crippen LogP contribution is 2.35. The van der Waals surface area contributed by atoms with Crippen LogP contribution < -0.4 is 5.32 Å². The molecule has 0 bridgehead atoms. The topological polar surface area (TPSA) is 55.6 Å². The molecule has 0 amide bonds. The van der Waals surface area contributed by atoms with E-state index >= 15 is 0 Å². The molecule has 0 fully saturated rings. The third-order valence-electron chi connectivity index (χ3n) is 3.69. The van der Waals surface area contributed by atoms with E-state index in [0.29, 0.717) is 11.5 Å². The van der Waals surface area contributed by atoms with Gasteiger partial charge in [0.15, 0.2) is 0 Å². The zero-order valence-corrected chi connectivity index (χ0v) is 12.8. The van der Waals surface area contributed by atoms with Gasteiger partial charge in [0.25, 0.3) is 0 Å². The largest absolute Gasteiger partial charge is 0.416 e. The normalized spacial score (nSPS) is 17.1. The molecule has 0 aliphatic carbocycles. The van der Waals surface area contributed by atoms with Crippen molar-refractivity contribution in [1.82, 2.24) is 20.2 Å². The zero-order valence-electron chi connectivity index (χ0n) is 12.0. The molecule has 0 saturated carbocycles. The third kappa shape index (κ3) is 2.56. The highest BCUT2D eigenvalue weighted by atomic mass is 32.1. The first-order valence-corrected chi connectivity index (χ1v) is 7.88. The van der Waals surface area contributed by atoms with E-state index in [1.54, 1.807) is 16.0 Å². The summed E-state index contributed by atoms with van der Waals surface area (Å²) in [7, 11) is 0. The molecule has 3 aromatic rings. The van der Waals surface area contributed by atoms with Crippen LogP contribution in [-0.2, 0) is 6.18 Å². The fourth-order valence-corrected chi connectivity index (χ4v) is 3.24. The fourth-order valence-electron chi connectivity index (χ4n) is 2.54. The van der Waals surface area contributed by atoms with Crippen LogP contribution in [0.4, 0.5) is 19.1 Å². The molecule has 1 aliphatic heterocycles. The maximum Gasteiger partial charge on any atom is 0.416 e. The van der Waals surface area contributed by atoms with Crippen molar-refractivity contribution in [1.29, 1.82) is 0 Å². The van der Waals surface area contributed by atoms with Gasteiger partial charge >= 0.3 is 6.18 Å². The second-order valence-electron chi connectivity index (χ2n) is 5.19. The van der Waals surface area contributed by atoms with Crippen molar-refractivity contribution in [2.45, 2.75) is 12.2 Å². The summed E-state index contributed by atoms with van der Waals surface area (Å²) < 4.78 is 39.8. The van der Waals surface area contributed by atoms with E-state index in [4.69, 9.17) is 0 Å². The molecule has 0 spiro atoms. The number of fused-ring (bicyclic) bond motifs is 1. The maximum absolute atomic E-state index is 12.7. The first kappa shape index (κ1) is 14.9. The molecule has 0 saturated heterocycles. The highest BCUT2D eigenvalue weighted by Gasteiger charge is 2.31. The lowest BCUT2D eigenvalue weighted by Gasteiger charge is -2.23. The van der Waals surface area contributed by atoms with E-state index in [1.165, 1.54) is 12.1 Å². The number of allylic oxidation sites excluding steroid dienone is 1. The Balaban J connectivity index is 1.76. The number of rotatable bonds is 2. The summed E-state index contributed by atoms with van der Waals surface area (Å²) in [5.41, 5.74) is 0.823. The summed E-state index contributed by atoms with van der Waals surface area (Å²) >= 11 is 1.55. The molecule has 1 atom stereocenters. The first-order chi connectivity index (χ1) is 11.5. The predicted molar refractivity (Wildman–Crippen MR) is 83.3 cm³/mol. The number of nitrogens with one attached hydrogen (secondary N) is 1. The number of hydrogen-bond donors (Lipinski definition) is 1. The molecule has 5 nitrogen and oxygen atoms in total. The molecule has 1 aliphatic rings. The average molecular weight is 349 g/mol. The number of nitrogens with zero attached hydrogens (tertiary/aromatic N) is 4. The van der Waals surface area contributed by atoms with Crippen LogP contribution >= 0.6 is 11.3 Å². The minimum absolute atomic E-state index is 0.379. The number of benzene rings is 1. The molecule has 3 heterocycles. The minimum Gasteiger partial charge on any atom is -0.322 e. The van der Waals surface area contributed by atoms with E-state index in [0.717, 1.165) is 22.7 Å². The molecule has 122 valence electrons. The summed E-state index contributed by atoms with van der Waals surface area (Å²) in [5, 5.41) is 16.6. The van der Waals surface area contributed by atoms with Gasteiger partial charge in [0.1, 0.15) is 6.04 Å². The van der Waals surface area contributed by atoms with Gasteiger partial charge < -0.3 is 5.32 Å². The summed E-state index contributed by atoms with van der Waals surface area (Å²) in [6, 6.07) is 8.54. The molecule has 0 radical (unpaired) electrons. The summed E-state index contributed by atoms with van der Waals surface area (Å²) in [4.78, 5) is 1.00. The van der Waals surface area contributed by atoms with Crippen molar-refractivity contribution in [2.24, 2.45) is 0 Å².